The summed E-state index contributed by atoms with van der Waals surface area (Å²) in [6.45, 7) is 4.49. The molecule has 0 spiro atoms. The lowest BCUT2D eigenvalue weighted by atomic mass is 9.93. The number of carbonyl (C=O) groups is 1. The molecule has 0 aliphatic carbocycles. The number of hydrogen-bond acceptors (Lipinski definition) is 2. The average molecular weight is 185 g/mol. The Morgan fingerprint density at radius 1 is 1.62 bits per heavy atom. The quantitative estimate of drug-likeness (QED) is 0.618. The minimum atomic E-state index is -0.761. The highest BCUT2D eigenvalue weighted by Gasteiger charge is 2.13. The highest BCUT2D eigenvalue weighted by atomic mass is 16.4. The van der Waals surface area contributed by atoms with Crippen LogP contribution in [0.3, 0.4) is 0 Å². The summed E-state index contributed by atoms with van der Waals surface area (Å²) in [4.78, 5) is 10.4. The van der Waals surface area contributed by atoms with Crippen LogP contribution in [-0.4, -0.2) is 17.6 Å². The topological polar surface area (TPSA) is 63.3 Å². The maximum Gasteiger partial charge on any atom is 0.303 e. The summed E-state index contributed by atoms with van der Waals surface area (Å²) in [5.74, 6) is -0.246. The average Bonchev–Trinajstić information content (AvgIpc) is 2.02. The van der Waals surface area contributed by atoms with Crippen LogP contribution < -0.4 is 5.73 Å². The molecular weight excluding hydrogens is 166 g/mol. The zero-order valence-electron chi connectivity index (χ0n) is 8.36. The van der Waals surface area contributed by atoms with E-state index >= 15 is 0 Å². The van der Waals surface area contributed by atoms with Gasteiger partial charge >= 0.3 is 5.97 Å². The van der Waals surface area contributed by atoms with Gasteiger partial charge in [0.05, 0.1) is 0 Å². The maximum atomic E-state index is 10.4. The van der Waals surface area contributed by atoms with Crippen LogP contribution in [0.25, 0.3) is 0 Å². The second-order valence-electron chi connectivity index (χ2n) is 3.44. The molecular formula is C10H19NO2. The van der Waals surface area contributed by atoms with Gasteiger partial charge in [0.2, 0.25) is 0 Å². The lowest BCUT2D eigenvalue weighted by Gasteiger charge is -2.14. The highest BCUT2D eigenvalue weighted by molar-refractivity contribution is 5.67. The first-order valence-electron chi connectivity index (χ1n) is 4.64. The first-order valence-corrected chi connectivity index (χ1v) is 4.64. The van der Waals surface area contributed by atoms with E-state index in [2.05, 4.69) is 13.0 Å². The maximum absolute atomic E-state index is 10.4. The fourth-order valence-corrected chi connectivity index (χ4v) is 1.44. The summed E-state index contributed by atoms with van der Waals surface area (Å²) in [7, 11) is 0. The Kier molecular flexibility index (Phi) is 6.24. The van der Waals surface area contributed by atoms with E-state index in [1.165, 1.54) is 0 Å². The van der Waals surface area contributed by atoms with Gasteiger partial charge in [-0.3, -0.25) is 4.79 Å². The normalized spacial score (nSPS) is 15.9. The van der Waals surface area contributed by atoms with Gasteiger partial charge in [0.15, 0.2) is 0 Å². The van der Waals surface area contributed by atoms with Crippen molar-refractivity contribution in [3.05, 3.63) is 12.2 Å². The largest absolute Gasteiger partial charge is 0.481 e. The zero-order chi connectivity index (χ0) is 10.3. The molecule has 3 N–H and O–H groups in total. The standard InChI is InChI=1S/C10H19NO2/c1-3-4-8(2)5-9(7-11)6-10(12)13/h3-4,8-9H,5-7,11H2,1-2H3,(H,12,13)/b4-3+/t8-,9+/m1/s1. The fourth-order valence-electron chi connectivity index (χ4n) is 1.44. The summed E-state index contributed by atoms with van der Waals surface area (Å²) >= 11 is 0. The summed E-state index contributed by atoms with van der Waals surface area (Å²) in [6.07, 6.45) is 5.09. The molecule has 0 aromatic rings. The fraction of sp³-hybridized carbons (Fsp3) is 0.700. The minimum absolute atomic E-state index is 0.101. The van der Waals surface area contributed by atoms with Gasteiger partial charge in [0.25, 0.3) is 0 Å². The number of rotatable bonds is 6. The van der Waals surface area contributed by atoms with Crippen molar-refractivity contribution in [1.82, 2.24) is 0 Å². The molecule has 0 rings (SSSR count). The van der Waals surface area contributed by atoms with Crippen molar-refractivity contribution >= 4 is 5.97 Å². The van der Waals surface area contributed by atoms with Gasteiger partial charge in [-0.1, -0.05) is 19.1 Å². The van der Waals surface area contributed by atoms with E-state index in [9.17, 15) is 4.79 Å². The molecule has 0 aliphatic rings. The molecule has 0 amide bonds. The van der Waals surface area contributed by atoms with Crippen LogP contribution in [0.5, 0.6) is 0 Å². The van der Waals surface area contributed by atoms with Crippen molar-refractivity contribution in [3.8, 4) is 0 Å². The zero-order valence-corrected chi connectivity index (χ0v) is 8.36. The van der Waals surface area contributed by atoms with Gasteiger partial charge < -0.3 is 10.8 Å². The molecule has 0 fully saturated rings. The van der Waals surface area contributed by atoms with E-state index < -0.39 is 5.97 Å². The SMILES string of the molecule is C/C=C/[C@@H](C)C[C@H](CN)CC(=O)O. The van der Waals surface area contributed by atoms with Gasteiger partial charge in [-0.05, 0) is 31.7 Å². The number of aliphatic carboxylic acids is 1. The van der Waals surface area contributed by atoms with Gasteiger partial charge in [-0.15, -0.1) is 0 Å². The Labute approximate surface area is 79.6 Å². The molecule has 76 valence electrons. The molecule has 0 unspecified atom stereocenters. The third-order valence-corrected chi connectivity index (χ3v) is 2.02. The number of carboxylic acids is 1. The first kappa shape index (κ1) is 12.2. The molecule has 3 nitrogen and oxygen atoms in total. The van der Waals surface area contributed by atoms with Gasteiger partial charge in [0, 0.05) is 6.42 Å². The lowest BCUT2D eigenvalue weighted by molar-refractivity contribution is -0.138. The summed E-state index contributed by atoms with van der Waals surface area (Å²) in [6, 6.07) is 0. The monoisotopic (exact) mass is 185 g/mol. The third-order valence-electron chi connectivity index (χ3n) is 2.02. The van der Waals surface area contributed by atoms with Crippen LogP contribution >= 0.6 is 0 Å². The molecule has 13 heavy (non-hydrogen) atoms. The van der Waals surface area contributed by atoms with Crippen LogP contribution in [0.1, 0.15) is 26.7 Å². The summed E-state index contributed by atoms with van der Waals surface area (Å²) < 4.78 is 0. The summed E-state index contributed by atoms with van der Waals surface area (Å²) in [5, 5.41) is 8.58. The second kappa shape index (κ2) is 6.66. The van der Waals surface area contributed by atoms with E-state index in [0.29, 0.717) is 12.5 Å². The molecule has 2 atom stereocenters. The summed E-state index contributed by atoms with van der Waals surface area (Å²) in [5.41, 5.74) is 5.48. The predicted molar refractivity (Wildman–Crippen MR) is 53.4 cm³/mol. The van der Waals surface area contributed by atoms with Gasteiger partial charge in [0.1, 0.15) is 0 Å². The van der Waals surface area contributed by atoms with E-state index in [0.717, 1.165) is 6.42 Å². The highest BCUT2D eigenvalue weighted by Crippen LogP contribution is 2.15. The van der Waals surface area contributed by atoms with Crippen LogP contribution in [0.2, 0.25) is 0 Å². The number of hydrogen-bond donors (Lipinski definition) is 2. The van der Waals surface area contributed by atoms with E-state index in [-0.39, 0.29) is 12.3 Å². The van der Waals surface area contributed by atoms with Crippen molar-refractivity contribution in [1.29, 1.82) is 0 Å². The van der Waals surface area contributed by atoms with E-state index in [1.54, 1.807) is 0 Å². The Morgan fingerprint density at radius 2 is 2.23 bits per heavy atom. The molecule has 0 aromatic carbocycles. The van der Waals surface area contributed by atoms with Crippen molar-refractivity contribution < 1.29 is 9.90 Å². The molecule has 0 aromatic heterocycles. The molecule has 0 radical (unpaired) electrons. The first-order chi connectivity index (χ1) is 6.10. The van der Waals surface area contributed by atoms with Crippen LogP contribution in [-0.2, 0) is 4.79 Å². The second-order valence-corrected chi connectivity index (χ2v) is 3.44. The minimum Gasteiger partial charge on any atom is -0.481 e. The van der Waals surface area contributed by atoms with Crippen molar-refractivity contribution in [2.24, 2.45) is 17.6 Å². The molecule has 0 heterocycles. The molecule has 0 aliphatic heterocycles. The Bertz CT molecular complexity index is 178. The van der Waals surface area contributed by atoms with Gasteiger partial charge in [-0.2, -0.15) is 0 Å². The number of nitrogens with two attached hydrogens (primary N) is 1. The van der Waals surface area contributed by atoms with E-state index in [1.807, 2.05) is 13.0 Å². The van der Waals surface area contributed by atoms with Crippen LogP contribution in [0.4, 0.5) is 0 Å². The molecule has 0 bridgehead atoms. The Morgan fingerprint density at radius 3 is 2.62 bits per heavy atom. The Hall–Kier alpha value is -0.830. The number of carboxylic acid groups (broad SMARTS) is 1. The van der Waals surface area contributed by atoms with Crippen molar-refractivity contribution in [2.45, 2.75) is 26.7 Å². The lowest BCUT2D eigenvalue weighted by Crippen LogP contribution is -2.19. The number of allylic oxidation sites excluding steroid dienone is 2. The van der Waals surface area contributed by atoms with Crippen molar-refractivity contribution in [2.75, 3.05) is 6.54 Å². The molecule has 0 saturated heterocycles. The Balaban J connectivity index is 3.89. The predicted octanol–water partition coefficient (Wildman–Crippen LogP) is 1.64. The molecule has 0 saturated carbocycles. The van der Waals surface area contributed by atoms with Crippen LogP contribution in [0, 0.1) is 11.8 Å². The third kappa shape index (κ3) is 6.34. The molecule has 3 heteroatoms. The van der Waals surface area contributed by atoms with Crippen molar-refractivity contribution in [3.63, 3.8) is 0 Å². The smallest absolute Gasteiger partial charge is 0.303 e. The van der Waals surface area contributed by atoms with Gasteiger partial charge in [-0.25, -0.2) is 0 Å². The van der Waals surface area contributed by atoms with Crippen LogP contribution in [0.15, 0.2) is 12.2 Å². The van der Waals surface area contributed by atoms with E-state index in [4.69, 9.17) is 10.8 Å².